The fraction of sp³-hybridized carbons (Fsp3) is 0.500. The molecule has 0 aromatic carbocycles. The van der Waals surface area contributed by atoms with Crippen molar-refractivity contribution in [2.24, 2.45) is 0 Å². The van der Waals surface area contributed by atoms with Crippen LogP contribution in [-0.2, 0) is 0 Å². The normalized spacial score (nSPS) is 10.3. The third-order valence-corrected chi connectivity index (χ3v) is 2.29. The van der Waals surface area contributed by atoms with Crippen molar-refractivity contribution in [3.05, 3.63) is 22.6 Å². The maximum absolute atomic E-state index is 11.4. The van der Waals surface area contributed by atoms with Crippen LogP contribution in [0.2, 0.25) is 0 Å². The first-order chi connectivity index (χ1) is 7.24. The molecule has 1 aromatic heterocycles. The third kappa shape index (κ3) is 4.48. The van der Waals surface area contributed by atoms with Crippen LogP contribution in [0.5, 0.6) is 0 Å². The molecule has 0 fully saturated rings. The maximum atomic E-state index is 11.4. The molecule has 0 aliphatic heterocycles. The highest BCUT2D eigenvalue weighted by Gasteiger charge is 2.08. The summed E-state index contributed by atoms with van der Waals surface area (Å²) >= 11 is 3.15. The van der Waals surface area contributed by atoms with E-state index in [1.165, 1.54) is 0 Å². The van der Waals surface area contributed by atoms with Crippen molar-refractivity contribution in [3.63, 3.8) is 0 Å². The van der Waals surface area contributed by atoms with E-state index in [1.54, 1.807) is 12.1 Å². The summed E-state index contributed by atoms with van der Waals surface area (Å²) in [7, 11) is 0. The van der Waals surface area contributed by atoms with Crippen LogP contribution in [0.25, 0.3) is 0 Å². The number of carbonyl (C=O) groups excluding carboxylic acids is 1. The summed E-state index contributed by atoms with van der Waals surface area (Å²) in [6.45, 7) is 4.58. The van der Waals surface area contributed by atoms with Crippen molar-refractivity contribution in [1.29, 1.82) is 0 Å². The van der Waals surface area contributed by atoms with E-state index >= 15 is 0 Å². The van der Waals surface area contributed by atoms with Gasteiger partial charge in [-0.1, -0.05) is 6.92 Å². The summed E-state index contributed by atoms with van der Waals surface area (Å²) in [5.41, 5.74) is 0. The van der Waals surface area contributed by atoms with Crippen molar-refractivity contribution in [2.75, 3.05) is 19.6 Å². The Morgan fingerprint density at radius 1 is 1.47 bits per heavy atom. The molecule has 0 bridgehead atoms. The SMILES string of the molecule is CCNCCCNC(=O)c1ccc(Br)o1. The van der Waals surface area contributed by atoms with Gasteiger partial charge in [-0.05, 0) is 47.6 Å². The number of rotatable bonds is 6. The highest BCUT2D eigenvalue weighted by Crippen LogP contribution is 2.13. The molecule has 2 N–H and O–H groups in total. The summed E-state index contributed by atoms with van der Waals surface area (Å²) in [5.74, 6) is 0.169. The second-order valence-electron chi connectivity index (χ2n) is 3.07. The Morgan fingerprint density at radius 3 is 2.87 bits per heavy atom. The third-order valence-electron chi connectivity index (χ3n) is 1.86. The van der Waals surface area contributed by atoms with E-state index in [2.05, 4.69) is 33.5 Å². The van der Waals surface area contributed by atoms with Crippen molar-refractivity contribution >= 4 is 21.8 Å². The Bertz CT molecular complexity index is 312. The van der Waals surface area contributed by atoms with Crippen LogP contribution in [0.1, 0.15) is 23.9 Å². The molecule has 0 aliphatic carbocycles. The van der Waals surface area contributed by atoms with Gasteiger partial charge in [0.25, 0.3) is 5.91 Å². The Morgan fingerprint density at radius 2 is 2.27 bits per heavy atom. The molecule has 1 rings (SSSR count). The van der Waals surface area contributed by atoms with Gasteiger partial charge in [0.05, 0.1) is 0 Å². The second-order valence-corrected chi connectivity index (χ2v) is 3.85. The van der Waals surface area contributed by atoms with Crippen LogP contribution in [0.4, 0.5) is 0 Å². The Kier molecular flexibility index (Phi) is 5.42. The fourth-order valence-electron chi connectivity index (χ4n) is 1.12. The fourth-order valence-corrected chi connectivity index (χ4v) is 1.42. The van der Waals surface area contributed by atoms with Crippen LogP contribution < -0.4 is 10.6 Å². The van der Waals surface area contributed by atoms with E-state index < -0.39 is 0 Å². The lowest BCUT2D eigenvalue weighted by Gasteiger charge is -2.03. The molecule has 0 spiro atoms. The van der Waals surface area contributed by atoms with Gasteiger partial charge in [-0.25, -0.2) is 0 Å². The lowest BCUT2D eigenvalue weighted by Crippen LogP contribution is -2.26. The van der Waals surface area contributed by atoms with E-state index in [1.807, 2.05) is 0 Å². The number of furan rings is 1. The highest BCUT2D eigenvalue weighted by atomic mass is 79.9. The molecule has 0 atom stereocenters. The first-order valence-electron chi connectivity index (χ1n) is 4.98. The van der Waals surface area contributed by atoms with Gasteiger partial charge in [0.1, 0.15) is 0 Å². The number of amides is 1. The van der Waals surface area contributed by atoms with Crippen molar-refractivity contribution < 1.29 is 9.21 Å². The summed E-state index contributed by atoms with van der Waals surface area (Å²) in [6.07, 6.45) is 0.918. The molecule has 1 amide bonds. The topological polar surface area (TPSA) is 54.3 Å². The quantitative estimate of drug-likeness (QED) is 0.778. The lowest BCUT2D eigenvalue weighted by molar-refractivity contribution is 0.0924. The molecule has 4 nitrogen and oxygen atoms in total. The first kappa shape index (κ1) is 12.3. The molecule has 1 aromatic rings. The van der Waals surface area contributed by atoms with Gasteiger partial charge in [0.15, 0.2) is 10.4 Å². The van der Waals surface area contributed by atoms with E-state index in [4.69, 9.17) is 4.42 Å². The summed E-state index contributed by atoms with van der Waals surface area (Å²) in [5, 5.41) is 5.96. The molecule has 0 radical (unpaired) electrons. The minimum atomic E-state index is -0.169. The first-order valence-corrected chi connectivity index (χ1v) is 5.77. The molecular formula is C10H15BrN2O2. The zero-order valence-electron chi connectivity index (χ0n) is 8.68. The van der Waals surface area contributed by atoms with Crippen LogP contribution in [0, 0.1) is 0 Å². The van der Waals surface area contributed by atoms with E-state index in [0.29, 0.717) is 17.0 Å². The van der Waals surface area contributed by atoms with Crippen LogP contribution >= 0.6 is 15.9 Å². The van der Waals surface area contributed by atoms with Gasteiger partial charge in [0, 0.05) is 6.54 Å². The van der Waals surface area contributed by atoms with Crippen LogP contribution in [0.3, 0.4) is 0 Å². The van der Waals surface area contributed by atoms with Gasteiger partial charge in [0.2, 0.25) is 0 Å². The minimum absolute atomic E-state index is 0.169. The molecule has 5 heteroatoms. The monoisotopic (exact) mass is 274 g/mol. The number of nitrogens with one attached hydrogen (secondary N) is 2. The minimum Gasteiger partial charge on any atom is -0.444 e. The van der Waals surface area contributed by atoms with E-state index in [0.717, 1.165) is 19.5 Å². The lowest BCUT2D eigenvalue weighted by atomic mass is 10.4. The predicted octanol–water partition coefficient (Wildman–Crippen LogP) is 1.77. The van der Waals surface area contributed by atoms with Crippen LogP contribution in [-0.4, -0.2) is 25.5 Å². The molecule has 0 saturated heterocycles. The van der Waals surface area contributed by atoms with Crippen molar-refractivity contribution in [1.82, 2.24) is 10.6 Å². The van der Waals surface area contributed by atoms with Crippen LogP contribution in [0.15, 0.2) is 21.2 Å². The molecule has 15 heavy (non-hydrogen) atoms. The average Bonchev–Trinajstić information content (AvgIpc) is 2.64. The zero-order chi connectivity index (χ0) is 11.1. The van der Waals surface area contributed by atoms with Gasteiger partial charge < -0.3 is 15.1 Å². The predicted molar refractivity (Wildman–Crippen MR) is 61.9 cm³/mol. The van der Waals surface area contributed by atoms with Gasteiger partial charge in [-0.15, -0.1) is 0 Å². The summed E-state index contributed by atoms with van der Waals surface area (Å²) < 4.78 is 5.68. The second kappa shape index (κ2) is 6.63. The standard InChI is InChI=1S/C10H15BrN2O2/c1-2-12-6-3-7-13-10(14)8-4-5-9(11)15-8/h4-5,12H,2-3,6-7H2,1H3,(H,13,14). The smallest absolute Gasteiger partial charge is 0.287 e. The van der Waals surface area contributed by atoms with E-state index in [9.17, 15) is 4.79 Å². The van der Waals surface area contributed by atoms with E-state index in [-0.39, 0.29) is 5.91 Å². The van der Waals surface area contributed by atoms with Gasteiger partial charge >= 0.3 is 0 Å². The van der Waals surface area contributed by atoms with Gasteiger partial charge in [-0.3, -0.25) is 4.79 Å². The largest absolute Gasteiger partial charge is 0.444 e. The summed E-state index contributed by atoms with van der Waals surface area (Å²) in [4.78, 5) is 11.4. The van der Waals surface area contributed by atoms with Crippen molar-refractivity contribution in [3.8, 4) is 0 Å². The summed E-state index contributed by atoms with van der Waals surface area (Å²) in [6, 6.07) is 3.34. The Balaban J connectivity index is 2.19. The molecule has 0 aliphatic rings. The molecular weight excluding hydrogens is 260 g/mol. The average molecular weight is 275 g/mol. The Labute approximate surface area is 97.5 Å². The molecule has 0 saturated carbocycles. The zero-order valence-corrected chi connectivity index (χ0v) is 10.3. The molecule has 1 heterocycles. The molecule has 0 unspecified atom stereocenters. The highest BCUT2D eigenvalue weighted by molar-refractivity contribution is 9.10. The van der Waals surface area contributed by atoms with Crippen molar-refractivity contribution in [2.45, 2.75) is 13.3 Å². The number of halogens is 1. The molecule has 84 valence electrons. The number of hydrogen-bond acceptors (Lipinski definition) is 3. The Hall–Kier alpha value is -0.810. The maximum Gasteiger partial charge on any atom is 0.287 e. The number of carbonyl (C=O) groups is 1. The van der Waals surface area contributed by atoms with Gasteiger partial charge in [-0.2, -0.15) is 0 Å². The number of hydrogen-bond donors (Lipinski definition) is 2.